The predicted octanol–water partition coefficient (Wildman–Crippen LogP) is 4.14. The SMILES string of the molecule is C=CC[C@@]1(C(=O)CCCN2CCOCC2)N=C(c2ccc(OCCCO)cc2)O[C@@H]1c1ccccc1N=[N+]=N. The first kappa shape index (κ1) is 28.3. The number of benzene rings is 2. The number of morpholine rings is 1. The van der Waals surface area contributed by atoms with E-state index in [1.807, 2.05) is 36.4 Å². The van der Waals surface area contributed by atoms with Gasteiger partial charge >= 0.3 is 0 Å². The number of nitrogens with one attached hydrogen (secondary N) is 1. The van der Waals surface area contributed by atoms with Crippen molar-refractivity contribution in [2.45, 2.75) is 37.3 Å². The van der Waals surface area contributed by atoms with E-state index in [-0.39, 0.29) is 18.8 Å². The van der Waals surface area contributed by atoms with Crippen LogP contribution in [0.1, 0.15) is 42.9 Å². The number of hydrogen-bond acceptors (Lipinski definition) is 9. The number of ether oxygens (including phenoxy) is 3. The van der Waals surface area contributed by atoms with Gasteiger partial charge in [0.1, 0.15) is 11.3 Å². The van der Waals surface area contributed by atoms with E-state index in [4.69, 9.17) is 29.8 Å². The Kier molecular flexibility index (Phi) is 10.1. The first-order valence-electron chi connectivity index (χ1n) is 13.3. The third-order valence-electron chi connectivity index (χ3n) is 6.93. The number of carbonyl (C=O) groups is 1. The smallest absolute Gasteiger partial charge is 0.220 e. The number of hydrogen-bond donors (Lipinski definition) is 2. The Morgan fingerprint density at radius 3 is 2.72 bits per heavy atom. The molecule has 2 heterocycles. The van der Waals surface area contributed by atoms with Crippen LogP contribution in [-0.4, -0.2) is 73.3 Å². The third-order valence-corrected chi connectivity index (χ3v) is 6.93. The molecule has 0 radical (unpaired) electrons. The number of aliphatic imine (C=N–C) groups is 1. The molecule has 0 unspecified atom stereocenters. The van der Waals surface area contributed by atoms with Crippen LogP contribution in [0.4, 0.5) is 5.69 Å². The molecule has 2 aliphatic heterocycles. The van der Waals surface area contributed by atoms with E-state index in [9.17, 15) is 4.79 Å². The molecule has 206 valence electrons. The summed E-state index contributed by atoms with van der Waals surface area (Å²) < 4.78 is 17.5. The van der Waals surface area contributed by atoms with Crippen molar-refractivity contribution in [1.29, 1.82) is 5.53 Å². The van der Waals surface area contributed by atoms with Gasteiger partial charge in [-0.3, -0.25) is 9.69 Å². The minimum atomic E-state index is -1.23. The molecule has 1 fully saturated rings. The Hall–Kier alpha value is -3.69. The van der Waals surface area contributed by atoms with Crippen molar-refractivity contribution in [3.05, 3.63) is 72.3 Å². The molecule has 0 saturated carbocycles. The summed E-state index contributed by atoms with van der Waals surface area (Å²) in [6.45, 7) is 8.38. The molecule has 39 heavy (non-hydrogen) atoms. The van der Waals surface area contributed by atoms with Crippen molar-refractivity contribution in [2.24, 2.45) is 10.1 Å². The van der Waals surface area contributed by atoms with E-state index in [0.717, 1.165) is 19.6 Å². The standard InChI is InChI=1S/C29H36N5O5/c1-2-14-29(26(36)9-5-15-34-16-20-37-21-17-34)27(24-7-3-4-8-25(24)32-33-30)39-28(31-29)22-10-12-23(13-11-22)38-19-6-18-35/h2-4,7-8,10-13,27,30,35H,1,5-6,9,14-21H2/q+1/t27-,29+/m1/s1. The Morgan fingerprint density at radius 1 is 1.23 bits per heavy atom. The highest BCUT2D eigenvalue weighted by atomic mass is 16.5. The largest absolute Gasteiger partial charge is 0.494 e. The minimum Gasteiger partial charge on any atom is -0.494 e. The van der Waals surface area contributed by atoms with Gasteiger partial charge in [-0.05, 0) is 43.3 Å². The van der Waals surface area contributed by atoms with Crippen molar-refractivity contribution in [3.63, 3.8) is 0 Å². The normalized spacial score (nSPS) is 20.9. The van der Waals surface area contributed by atoms with Gasteiger partial charge in [0.25, 0.3) is 0 Å². The molecule has 2 aromatic rings. The van der Waals surface area contributed by atoms with Crippen molar-refractivity contribution in [2.75, 3.05) is 46.1 Å². The first-order valence-corrected chi connectivity index (χ1v) is 13.3. The van der Waals surface area contributed by atoms with Gasteiger partial charge in [0.05, 0.1) is 19.8 Å². The summed E-state index contributed by atoms with van der Waals surface area (Å²) in [7, 11) is 0. The summed E-state index contributed by atoms with van der Waals surface area (Å²) in [5.41, 5.74) is 7.85. The minimum absolute atomic E-state index is 0.0303. The average molecular weight is 535 g/mol. The second kappa shape index (κ2) is 13.9. The number of carbonyl (C=O) groups excluding carboxylic acids is 1. The van der Waals surface area contributed by atoms with Crippen LogP contribution in [-0.2, 0) is 14.3 Å². The van der Waals surface area contributed by atoms with E-state index in [1.165, 1.54) is 0 Å². The Labute approximate surface area is 228 Å². The summed E-state index contributed by atoms with van der Waals surface area (Å²) in [5, 5.41) is 13.0. The molecule has 4 rings (SSSR count). The maximum absolute atomic E-state index is 14.0. The molecular weight excluding hydrogens is 498 g/mol. The molecule has 0 amide bonds. The van der Waals surface area contributed by atoms with Crippen LogP contribution in [0.3, 0.4) is 0 Å². The lowest BCUT2D eigenvalue weighted by atomic mass is 9.79. The molecule has 2 atom stereocenters. The molecule has 0 bridgehead atoms. The molecule has 0 spiro atoms. The number of aliphatic hydroxyl groups excluding tert-OH is 1. The van der Waals surface area contributed by atoms with Crippen LogP contribution in [0.5, 0.6) is 5.75 Å². The highest BCUT2D eigenvalue weighted by Crippen LogP contribution is 2.46. The number of aliphatic hydroxyl groups is 1. The number of ketones is 1. The van der Waals surface area contributed by atoms with Crippen LogP contribution in [0.25, 0.3) is 0 Å². The number of rotatable bonds is 14. The first-order chi connectivity index (χ1) is 19.1. The quantitative estimate of drug-likeness (QED) is 0.162. The van der Waals surface area contributed by atoms with E-state index in [0.29, 0.717) is 67.5 Å². The lowest BCUT2D eigenvalue weighted by Gasteiger charge is -2.30. The van der Waals surface area contributed by atoms with Crippen LogP contribution >= 0.6 is 0 Å². The van der Waals surface area contributed by atoms with Crippen molar-refractivity contribution >= 4 is 17.4 Å². The van der Waals surface area contributed by atoms with Crippen LogP contribution in [0, 0.1) is 5.53 Å². The van der Waals surface area contributed by atoms with Crippen LogP contribution in [0.2, 0.25) is 0 Å². The second-order valence-electron chi connectivity index (χ2n) is 9.52. The molecular formula is C29H36N5O5+. The Morgan fingerprint density at radius 2 is 2.00 bits per heavy atom. The van der Waals surface area contributed by atoms with Crippen LogP contribution in [0.15, 0.2) is 71.3 Å². The number of Topliss-reactive ketones (excluding diaryl/α,β-unsaturated/α-hetero) is 1. The van der Waals surface area contributed by atoms with Gasteiger partial charge in [0.15, 0.2) is 28.2 Å². The molecule has 2 N–H and O–H groups in total. The summed E-state index contributed by atoms with van der Waals surface area (Å²) in [6, 6.07) is 14.5. The predicted molar refractivity (Wildman–Crippen MR) is 146 cm³/mol. The molecule has 1 saturated heterocycles. The topological polar surface area (TPSA) is 131 Å². The fourth-order valence-corrected chi connectivity index (χ4v) is 4.93. The monoisotopic (exact) mass is 534 g/mol. The van der Waals surface area contributed by atoms with E-state index < -0.39 is 11.6 Å². The van der Waals surface area contributed by atoms with Crippen molar-refractivity contribution < 1.29 is 24.1 Å². The Balaban J connectivity index is 1.64. The van der Waals surface area contributed by atoms with E-state index in [1.54, 1.807) is 18.2 Å². The van der Waals surface area contributed by atoms with Gasteiger partial charge in [-0.15, -0.1) is 6.58 Å². The van der Waals surface area contributed by atoms with Gasteiger partial charge in [-0.2, -0.15) is 0 Å². The lowest BCUT2D eigenvalue weighted by Crippen LogP contribution is -2.41. The second-order valence-corrected chi connectivity index (χ2v) is 9.52. The Bertz CT molecular complexity index is 1200. The fraction of sp³-hybridized carbons (Fsp3) is 0.448. The average Bonchev–Trinajstić information content (AvgIpc) is 3.35. The molecule has 10 heteroatoms. The maximum Gasteiger partial charge on any atom is 0.220 e. The lowest BCUT2D eigenvalue weighted by molar-refractivity contribution is -0.126. The van der Waals surface area contributed by atoms with E-state index >= 15 is 0 Å². The molecule has 10 nitrogen and oxygen atoms in total. The molecule has 0 aliphatic carbocycles. The van der Waals surface area contributed by atoms with Crippen molar-refractivity contribution in [3.8, 4) is 5.75 Å². The fourth-order valence-electron chi connectivity index (χ4n) is 4.93. The molecule has 2 aromatic carbocycles. The summed E-state index contributed by atoms with van der Waals surface area (Å²) in [6.07, 6.45) is 2.81. The zero-order valence-electron chi connectivity index (χ0n) is 22.1. The summed E-state index contributed by atoms with van der Waals surface area (Å²) in [4.78, 5) is 24.5. The molecule has 2 aliphatic rings. The zero-order chi connectivity index (χ0) is 27.5. The summed E-state index contributed by atoms with van der Waals surface area (Å²) in [5.74, 6) is 0.986. The molecule has 0 aromatic heterocycles. The van der Waals surface area contributed by atoms with Gasteiger partial charge in [0.2, 0.25) is 10.8 Å². The highest BCUT2D eigenvalue weighted by Gasteiger charge is 2.52. The van der Waals surface area contributed by atoms with Gasteiger partial charge in [-0.25, -0.2) is 4.99 Å². The van der Waals surface area contributed by atoms with Gasteiger partial charge < -0.3 is 19.3 Å². The van der Waals surface area contributed by atoms with Crippen LogP contribution < -0.4 is 9.65 Å². The van der Waals surface area contributed by atoms with E-state index in [2.05, 4.69) is 21.5 Å². The maximum atomic E-state index is 14.0. The highest BCUT2D eigenvalue weighted by molar-refractivity contribution is 6.01. The summed E-state index contributed by atoms with van der Waals surface area (Å²) >= 11 is 0. The van der Waals surface area contributed by atoms with Gasteiger partial charge in [-0.1, -0.05) is 24.3 Å². The number of nitrogens with zero attached hydrogens (tertiary/aromatic N) is 4. The van der Waals surface area contributed by atoms with Gasteiger partial charge in [0, 0.05) is 50.1 Å². The third kappa shape index (κ3) is 6.85. The van der Waals surface area contributed by atoms with Crippen molar-refractivity contribution in [1.82, 2.24) is 9.81 Å². The zero-order valence-corrected chi connectivity index (χ0v) is 22.1.